The van der Waals surface area contributed by atoms with Gasteiger partial charge in [-0.3, -0.25) is 9.59 Å². The molecule has 2 aromatic carbocycles. The van der Waals surface area contributed by atoms with Crippen molar-refractivity contribution in [1.29, 1.82) is 0 Å². The van der Waals surface area contributed by atoms with Crippen LogP contribution in [0.3, 0.4) is 0 Å². The molecule has 1 aliphatic rings. The van der Waals surface area contributed by atoms with Gasteiger partial charge in [0, 0.05) is 25.2 Å². The fraction of sp³-hybridized carbons (Fsp3) is 0.263. The van der Waals surface area contributed by atoms with Gasteiger partial charge in [0.25, 0.3) is 5.91 Å². The normalized spacial score (nSPS) is 14.3. The Hall–Kier alpha value is -3.17. The summed E-state index contributed by atoms with van der Waals surface area (Å²) in [4.78, 5) is 25.6. The van der Waals surface area contributed by atoms with Crippen molar-refractivity contribution in [2.75, 3.05) is 13.1 Å². The average Bonchev–Trinajstić information content (AvgIpc) is 2.61. The second-order valence-electron chi connectivity index (χ2n) is 6.45. The van der Waals surface area contributed by atoms with Crippen LogP contribution in [-0.2, 0) is 11.3 Å². The fourth-order valence-electron chi connectivity index (χ4n) is 2.76. The standard InChI is InChI=1S/C19H15F5N2O3/c20-15-6-3-12(7-16(15)21)18(28)26-9-13(10-26)17(27)25-8-11-1-4-14(5-2-11)29-19(22,23)24/h1-7,13H,8-10H2,(H,25,27). The van der Waals surface area contributed by atoms with Gasteiger partial charge >= 0.3 is 6.36 Å². The van der Waals surface area contributed by atoms with E-state index in [9.17, 15) is 31.5 Å². The van der Waals surface area contributed by atoms with Gasteiger partial charge < -0.3 is 15.0 Å². The van der Waals surface area contributed by atoms with Gasteiger partial charge in [0.15, 0.2) is 11.6 Å². The van der Waals surface area contributed by atoms with Crippen molar-refractivity contribution in [3.8, 4) is 5.75 Å². The second kappa shape index (κ2) is 8.06. The van der Waals surface area contributed by atoms with Gasteiger partial charge in [-0.2, -0.15) is 0 Å². The summed E-state index contributed by atoms with van der Waals surface area (Å²) in [6.45, 7) is 0.350. The van der Waals surface area contributed by atoms with E-state index in [0.717, 1.165) is 24.3 Å². The lowest BCUT2D eigenvalue weighted by Crippen LogP contribution is -2.55. The molecule has 3 rings (SSSR count). The monoisotopic (exact) mass is 414 g/mol. The summed E-state index contributed by atoms with van der Waals surface area (Å²) in [5.41, 5.74) is 0.561. The molecular weight excluding hydrogens is 399 g/mol. The third-order valence-corrected chi connectivity index (χ3v) is 4.33. The van der Waals surface area contributed by atoms with Crippen molar-refractivity contribution < 1.29 is 36.3 Å². The molecule has 0 radical (unpaired) electrons. The number of likely N-dealkylation sites (tertiary alicyclic amines) is 1. The predicted octanol–water partition coefficient (Wildman–Crippen LogP) is 3.25. The molecule has 154 valence electrons. The number of carbonyl (C=O) groups excluding carboxylic acids is 2. The molecule has 1 saturated heterocycles. The molecule has 0 aliphatic carbocycles. The van der Waals surface area contributed by atoms with Crippen LogP contribution in [0, 0.1) is 17.6 Å². The lowest BCUT2D eigenvalue weighted by molar-refractivity contribution is -0.274. The van der Waals surface area contributed by atoms with Gasteiger partial charge in [-0.1, -0.05) is 12.1 Å². The SMILES string of the molecule is O=C(NCc1ccc(OC(F)(F)F)cc1)C1CN(C(=O)c2ccc(F)c(F)c2)C1. The van der Waals surface area contributed by atoms with Crippen LogP contribution in [0.4, 0.5) is 22.0 Å². The van der Waals surface area contributed by atoms with Crippen LogP contribution in [0.2, 0.25) is 0 Å². The number of amides is 2. The zero-order valence-electron chi connectivity index (χ0n) is 14.8. The fourth-order valence-corrected chi connectivity index (χ4v) is 2.76. The lowest BCUT2D eigenvalue weighted by Gasteiger charge is -2.38. The number of halogens is 5. The highest BCUT2D eigenvalue weighted by molar-refractivity contribution is 5.96. The summed E-state index contributed by atoms with van der Waals surface area (Å²) in [5.74, 6) is -3.84. The second-order valence-corrected chi connectivity index (χ2v) is 6.45. The van der Waals surface area contributed by atoms with Crippen molar-refractivity contribution in [2.24, 2.45) is 5.92 Å². The minimum Gasteiger partial charge on any atom is -0.406 e. The van der Waals surface area contributed by atoms with Gasteiger partial charge in [0.2, 0.25) is 5.91 Å². The molecule has 2 aromatic rings. The lowest BCUT2D eigenvalue weighted by atomic mass is 9.97. The molecule has 0 atom stereocenters. The molecule has 29 heavy (non-hydrogen) atoms. The largest absolute Gasteiger partial charge is 0.573 e. The molecule has 10 heteroatoms. The Morgan fingerprint density at radius 3 is 2.28 bits per heavy atom. The summed E-state index contributed by atoms with van der Waals surface area (Å²) < 4.78 is 66.3. The van der Waals surface area contributed by atoms with E-state index in [2.05, 4.69) is 10.1 Å². The van der Waals surface area contributed by atoms with Gasteiger partial charge in [0.1, 0.15) is 5.75 Å². The van der Waals surface area contributed by atoms with Crippen molar-refractivity contribution in [3.05, 3.63) is 65.2 Å². The van der Waals surface area contributed by atoms with Crippen LogP contribution in [0.15, 0.2) is 42.5 Å². The Balaban J connectivity index is 1.46. The average molecular weight is 414 g/mol. The molecule has 1 aliphatic heterocycles. The van der Waals surface area contributed by atoms with Gasteiger partial charge in [-0.25, -0.2) is 8.78 Å². The quantitative estimate of drug-likeness (QED) is 0.765. The minimum absolute atomic E-state index is 0.0103. The Morgan fingerprint density at radius 2 is 1.69 bits per heavy atom. The summed E-state index contributed by atoms with van der Waals surface area (Å²) in [7, 11) is 0. The van der Waals surface area contributed by atoms with Crippen molar-refractivity contribution in [2.45, 2.75) is 12.9 Å². The molecule has 2 amide bonds. The molecule has 0 spiro atoms. The van der Waals surface area contributed by atoms with E-state index in [1.54, 1.807) is 0 Å². The topological polar surface area (TPSA) is 58.6 Å². The van der Waals surface area contributed by atoms with Crippen LogP contribution in [-0.4, -0.2) is 36.2 Å². The molecule has 0 saturated carbocycles. The first kappa shape index (κ1) is 20.6. The molecular formula is C19H15F5N2O3. The maximum absolute atomic E-state index is 13.2. The van der Waals surface area contributed by atoms with E-state index in [-0.39, 0.29) is 36.9 Å². The first-order valence-corrected chi connectivity index (χ1v) is 8.49. The summed E-state index contributed by atoms with van der Waals surface area (Å²) in [6.07, 6.45) is -4.77. The van der Waals surface area contributed by atoms with Crippen LogP contribution < -0.4 is 10.1 Å². The molecule has 1 heterocycles. The number of ether oxygens (including phenoxy) is 1. The number of hydrogen-bond donors (Lipinski definition) is 1. The van der Waals surface area contributed by atoms with Gasteiger partial charge in [-0.05, 0) is 35.9 Å². The zero-order valence-corrected chi connectivity index (χ0v) is 14.8. The Kier molecular flexibility index (Phi) is 5.71. The molecule has 0 aromatic heterocycles. The highest BCUT2D eigenvalue weighted by Gasteiger charge is 2.36. The number of hydrogen-bond acceptors (Lipinski definition) is 3. The Bertz CT molecular complexity index is 909. The first-order valence-electron chi connectivity index (χ1n) is 8.49. The van der Waals surface area contributed by atoms with Gasteiger partial charge in [0.05, 0.1) is 5.92 Å². The number of nitrogens with one attached hydrogen (secondary N) is 1. The molecule has 0 unspecified atom stereocenters. The van der Waals surface area contributed by atoms with Crippen LogP contribution in [0.5, 0.6) is 5.75 Å². The minimum atomic E-state index is -4.77. The van der Waals surface area contributed by atoms with E-state index in [4.69, 9.17) is 0 Å². The van der Waals surface area contributed by atoms with E-state index >= 15 is 0 Å². The van der Waals surface area contributed by atoms with E-state index in [1.165, 1.54) is 23.1 Å². The third kappa shape index (κ3) is 5.21. The molecule has 1 fully saturated rings. The Morgan fingerprint density at radius 1 is 1.03 bits per heavy atom. The summed E-state index contributed by atoms with van der Waals surface area (Å²) >= 11 is 0. The van der Waals surface area contributed by atoms with Crippen LogP contribution >= 0.6 is 0 Å². The van der Waals surface area contributed by atoms with Crippen molar-refractivity contribution in [3.63, 3.8) is 0 Å². The van der Waals surface area contributed by atoms with E-state index < -0.39 is 29.8 Å². The van der Waals surface area contributed by atoms with Crippen molar-refractivity contribution in [1.82, 2.24) is 10.2 Å². The van der Waals surface area contributed by atoms with E-state index in [0.29, 0.717) is 5.56 Å². The summed E-state index contributed by atoms with van der Waals surface area (Å²) in [5, 5.41) is 2.63. The number of nitrogens with zero attached hydrogens (tertiary/aromatic N) is 1. The summed E-state index contributed by atoms with van der Waals surface area (Å²) in [6, 6.07) is 7.89. The number of carbonyl (C=O) groups is 2. The number of alkyl halides is 3. The maximum atomic E-state index is 13.2. The van der Waals surface area contributed by atoms with Crippen LogP contribution in [0.25, 0.3) is 0 Å². The smallest absolute Gasteiger partial charge is 0.406 e. The molecule has 5 nitrogen and oxygen atoms in total. The Labute approximate surface area is 162 Å². The number of benzene rings is 2. The highest BCUT2D eigenvalue weighted by Crippen LogP contribution is 2.23. The zero-order chi connectivity index (χ0) is 21.2. The van der Waals surface area contributed by atoms with Crippen molar-refractivity contribution >= 4 is 11.8 Å². The molecule has 0 bridgehead atoms. The first-order chi connectivity index (χ1) is 13.6. The highest BCUT2D eigenvalue weighted by atomic mass is 19.4. The third-order valence-electron chi connectivity index (χ3n) is 4.33. The predicted molar refractivity (Wildman–Crippen MR) is 90.7 cm³/mol. The number of rotatable bonds is 5. The van der Waals surface area contributed by atoms with Crippen LogP contribution in [0.1, 0.15) is 15.9 Å². The molecule has 1 N–H and O–H groups in total. The maximum Gasteiger partial charge on any atom is 0.573 e. The van der Waals surface area contributed by atoms with E-state index in [1.807, 2.05) is 0 Å². The van der Waals surface area contributed by atoms with Gasteiger partial charge in [-0.15, -0.1) is 13.2 Å².